The molecule has 1 atom stereocenters. The number of nitrogens with zero attached hydrogens (tertiary/aromatic N) is 2. The second-order valence-electron chi connectivity index (χ2n) is 8.92. The van der Waals surface area contributed by atoms with E-state index in [0.29, 0.717) is 17.8 Å². The second-order valence-corrected chi connectivity index (χ2v) is 8.92. The van der Waals surface area contributed by atoms with Crippen molar-refractivity contribution in [1.82, 2.24) is 4.90 Å². The second kappa shape index (κ2) is 11.0. The molecule has 0 radical (unpaired) electrons. The Kier molecular flexibility index (Phi) is 7.64. The molecule has 3 aromatic carbocycles. The van der Waals surface area contributed by atoms with Gasteiger partial charge in [-0.1, -0.05) is 86.1 Å². The highest BCUT2D eigenvalue weighted by Gasteiger charge is 2.33. The van der Waals surface area contributed by atoms with Gasteiger partial charge >= 0.3 is 11.9 Å². The van der Waals surface area contributed by atoms with Crippen LogP contribution < -0.4 is 0 Å². The van der Waals surface area contributed by atoms with Crippen LogP contribution in [0.1, 0.15) is 54.6 Å². The van der Waals surface area contributed by atoms with E-state index in [0.717, 1.165) is 41.8 Å². The van der Waals surface area contributed by atoms with E-state index in [-0.39, 0.29) is 17.2 Å². The Morgan fingerprint density at radius 1 is 0.861 bits per heavy atom. The summed E-state index contributed by atoms with van der Waals surface area (Å²) < 4.78 is 0. The number of amidine groups is 1. The van der Waals surface area contributed by atoms with E-state index in [2.05, 4.69) is 11.8 Å². The maximum Gasteiger partial charge on any atom is 0.336 e. The fourth-order valence-electron chi connectivity index (χ4n) is 4.60. The van der Waals surface area contributed by atoms with E-state index in [4.69, 9.17) is 4.99 Å². The molecule has 2 N–H and O–H groups in total. The standard InChI is InChI=1S/C30H30N2O4/c1-3-4-14-26-31-28(23-10-6-5-7-11-23)27(30(35)36)20(2)32(26)19-21-15-17-22(18-16-21)24-12-8-9-13-25(24)29(33)34/h5-13,15-18,20H,3-4,14,19H2,1-2H3,(H,33,34)(H,35,36). The highest BCUT2D eigenvalue weighted by Crippen LogP contribution is 2.32. The van der Waals surface area contributed by atoms with Gasteiger partial charge in [0.15, 0.2) is 0 Å². The number of unbranched alkanes of at least 4 members (excludes halogenated alkanes) is 1. The molecule has 0 fully saturated rings. The highest BCUT2D eigenvalue weighted by molar-refractivity contribution is 6.03. The number of carbonyl (C=O) groups is 2. The summed E-state index contributed by atoms with van der Waals surface area (Å²) in [5.41, 5.74) is 4.35. The molecule has 0 saturated heterocycles. The first-order chi connectivity index (χ1) is 17.4. The minimum absolute atomic E-state index is 0.258. The van der Waals surface area contributed by atoms with Crippen molar-refractivity contribution >= 4 is 23.5 Å². The predicted octanol–water partition coefficient (Wildman–Crippen LogP) is 6.34. The molecule has 3 aromatic rings. The van der Waals surface area contributed by atoms with Crippen LogP contribution in [0.15, 0.2) is 89.4 Å². The van der Waals surface area contributed by atoms with Crippen molar-refractivity contribution < 1.29 is 19.8 Å². The Bertz CT molecular complexity index is 1310. The number of benzene rings is 3. The molecule has 0 aromatic heterocycles. The third-order valence-electron chi connectivity index (χ3n) is 6.52. The molecule has 0 amide bonds. The molecule has 0 bridgehead atoms. The highest BCUT2D eigenvalue weighted by atomic mass is 16.4. The Morgan fingerprint density at radius 3 is 2.17 bits per heavy atom. The number of aliphatic carboxylic acids is 1. The van der Waals surface area contributed by atoms with Crippen LogP contribution in [-0.2, 0) is 11.3 Å². The summed E-state index contributed by atoms with van der Waals surface area (Å²) in [6.45, 7) is 4.55. The lowest BCUT2D eigenvalue weighted by Crippen LogP contribution is -2.43. The zero-order valence-corrected chi connectivity index (χ0v) is 20.5. The topological polar surface area (TPSA) is 90.2 Å². The van der Waals surface area contributed by atoms with Crippen LogP contribution in [0, 0.1) is 0 Å². The van der Waals surface area contributed by atoms with E-state index >= 15 is 0 Å². The molecular formula is C30H30N2O4. The van der Waals surface area contributed by atoms with Crippen LogP contribution in [0.4, 0.5) is 0 Å². The average Bonchev–Trinajstić information content (AvgIpc) is 2.89. The van der Waals surface area contributed by atoms with Crippen molar-refractivity contribution in [2.75, 3.05) is 0 Å². The third-order valence-corrected chi connectivity index (χ3v) is 6.52. The first-order valence-electron chi connectivity index (χ1n) is 12.2. The molecule has 1 aliphatic heterocycles. The molecule has 1 aliphatic rings. The lowest BCUT2D eigenvalue weighted by Gasteiger charge is -2.37. The van der Waals surface area contributed by atoms with Gasteiger partial charge in [-0.3, -0.25) is 0 Å². The first-order valence-corrected chi connectivity index (χ1v) is 12.2. The molecule has 1 heterocycles. The summed E-state index contributed by atoms with van der Waals surface area (Å²) in [5, 5.41) is 19.6. The molecule has 1 unspecified atom stereocenters. The Morgan fingerprint density at radius 2 is 1.53 bits per heavy atom. The normalized spacial score (nSPS) is 15.6. The number of carboxylic acids is 2. The summed E-state index contributed by atoms with van der Waals surface area (Å²) >= 11 is 0. The largest absolute Gasteiger partial charge is 0.478 e. The maximum absolute atomic E-state index is 12.4. The predicted molar refractivity (Wildman–Crippen MR) is 142 cm³/mol. The fourth-order valence-corrected chi connectivity index (χ4v) is 4.60. The van der Waals surface area contributed by atoms with Gasteiger partial charge in [-0.25, -0.2) is 14.6 Å². The lowest BCUT2D eigenvalue weighted by atomic mass is 9.95. The van der Waals surface area contributed by atoms with Gasteiger partial charge in [0, 0.05) is 18.5 Å². The van der Waals surface area contributed by atoms with Crippen LogP contribution in [0.25, 0.3) is 16.8 Å². The van der Waals surface area contributed by atoms with E-state index in [1.807, 2.05) is 67.6 Å². The van der Waals surface area contributed by atoms with Gasteiger partial charge in [0.1, 0.15) is 5.84 Å². The molecule has 0 aliphatic carbocycles. The van der Waals surface area contributed by atoms with E-state index in [1.54, 1.807) is 18.2 Å². The molecule has 184 valence electrons. The molecule has 0 spiro atoms. The van der Waals surface area contributed by atoms with Crippen molar-refractivity contribution in [1.29, 1.82) is 0 Å². The molecular weight excluding hydrogens is 452 g/mol. The van der Waals surface area contributed by atoms with Crippen molar-refractivity contribution in [3.63, 3.8) is 0 Å². The zero-order chi connectivity index (χ0) is 25.7. The van der Waals surface area contributed by atoms with Crippen LogP contribution in [0.2, 0.25) is 0 Å². The SMILES string of the molecule is CCCCC1=NC(c2ccccc2)=C(C(=O)O)C(C)N1Cc1ccc(-c2ccccc2C(=O)O)cc1. The lowest BCUT2D eigenvalue weighted by molar-refractivity contribution is -0.133. The number of rotatable bonds is 9. The monoisotopic (exact) mass is 482 g/mol. The van der Waals surface area contributed by atoms with Gasteiger partial charge in [0.2, 0.25) is 0 Å². The van der Waals surface area contributed by atoms with Crippen molar-refractivity contribution in [3.8, 4) is 11.1 Å². The van der Waals surface area contributed by atoms with Gasteiger partial charge in [-0.05, 0) is 36.1 Å². The average molecular weight is 483 g/mol. The van der Waals surface area contributed by atoms with Crippen molar-refractivity contribution in [2.24, 2.45) is 4.99 Å². The quantitative estimate of drug-likeness (QED) is 0.371. The van der Waals surface area contributed by atoms with Crippen LogP contribution in [-0.4, -0.2) is 38.9 Å². The maximum atomic E-state index is 12.4. The van der Waals surface area contributed by atoms with E-state index in [9.17, 15) is 19.8 Å². The van der Waals surface area contributed by atoms with Gasteiger partial charge < -0.3 is 15.1 Å². The van der Waals surface area contributed by atoms with E-state index < -0.39 is 11.9 Å². The smallest absolute Gasteiger partial charge is 0.336 e. The summed E-state index contributed by atoms with van der Waals surface area (Å²) in [6, 6.07) is 23.8. The minimum Gasteiger partial charge on any atom is -0.478 e. The van der Waals surface area contributed by atoms with Gasteiger partial charge in [0.25, 0.3) is 0 Å². The third kappa shape index (κ3) is 5.23. The number of aliphatic imine (C=N–C) groups is 1. The zero-order valence-electron chi connectivity index (χ0n) is 20.5. The number of hydrogen-bond donors (Lipinski definition) is 2. The van der Waals surface area contributed by atoms with Gasteiger partial charge in [-0.15, -0.1) is 0 Å². The summed E-state index contributed by atoms with van der Waals surface area (Å²) in [7, 11) is 0. The molecule has 0 saturated carbocycles. The Balaban J connectivity index is 1.67. The van der Waals surface area contributed by atoms with Crippen molar-refractivity contribution in [3.05, 3.63) is 101 Å². The number of hydrogen-bond acceptors (Lipinski definition) is 4. The Hall–Kier alpha value is -4.19. The molecule has 4 rings (SSSR count). The summed E-state index contributed by atoms with van der Waals surface area (Å²) in [4.78, 5) is 30.9. The molecule has 6 heteroatoms. The van der Waals surface area contributed by atoms with Gasteiger partial charge in [0.05, 0.1) is 22.9 Å². The first kappa shape index (κ1) is 24.9. The van der Waals surface area contributed by atoms with Crippen LogP contribution in [0.5, 0.6) is 0 Å². The molecule has 36 heavy (non-hydrogen) atoms. The minimum atomic E-state index is -0.967. The summed E-state index contributed by atoms with van der Waals surface area (Å²) in [6.07, 6.45) is 2.72. The van der Waals surface area contributed by atoms with Crippen LogP contribution >= 0.6 is 0 Å². The fraction of sp³-hybridized carbons (Fsp3) is 0.233. The number of carboxylic acid groups (broad SMARTS) is 2. The van der Waals surface area contributed by atoms with Crippen molar-refractivity contribution in [2.45, 2.75) is 45.7 Å². The molecule has 6 nitrogen and oxygen atoms in total. The van der Waals surface area contributed by atoms with Crippen LogP contribution in [0.3, 0.4) is 0 Å². The Labute approximate surface area is 211 Å². The van der Waals surface area contributed by atoms with Gasteiger partial charge in [-0.2, -0.15) is 0 Å². The van der Waals surface area contributed by atoms with E-state index in [1.165, 1.54) is 0 Å². The summed E-state index contributed by atoms with van der Waals surface area (Å²) in [5.74, 6) is -1.05. The number of aromatic carboxylic acids is 1.